The number of likely N-dealkylation sites (tertiary alicyclic amines) is 1. The summed E-state index contributed by atoms with van der Waals surface area (Å²) < 4.78 is 0. The summed E-state index contributed by atoms with van der Waals surface area (Å²) in [4.78, 5) is 9.02. The van der Waals surface area contributed by atoms with Gasteiger partial charge in [0.15, 0.2) is 0 Å². The molecule has 1 saturated heterocycles. The van der Waals surface area contributed by atoms with Gasteiger partial charge in [0.1, 0.15) is 5.01 Å². The first-order chi connectivity index (χ1) is 9.24. The zero-order valence-electron chi connectivity index (χ0n) is 12.1. The maximum atomic E-state index is 4.89. The Morgan fingerprint density at radius 3 is 3.16 bits per heavy atom. The normalized spacial score (nSPS) is 28.3. The van der Waals surface area contributed by atoms with Gasteiger partial charge in [-0.1, -0.05) is 6.92 Å². The van der Waals surface area contributed by atoms with E-state index in [9.17, 15) is 0 Å². The Balaban J connectivity index is 1.64. The Labute approximate surface area is 120 Å². The average molecular weight is 279 g/mol. The minimum atomic E-state index is 0.670. The highest BCUT2D eigenvalue weighted by Gasteiger charge is 2.22. The smallest absolute Gasteiger partial charge is 0.107 e. The van der Waals surface area contributed by atoms with E-state index in [2.05, 4.69) is 24.2 Å². The summed E-state index contributed by atoms with van der Waals surface area (Å²) in [6.07, 6.45) is 6.41. The fourth-order valence-corrected chi connectivity index (χ4v) is 4.61. The van der Waals surface area contributed by atoms with Crippen LogP contribution in [0.5, 0.6) is 0 Å². The van der Waals surface area contributed by atoms with Crippen molar-refractivity contribution in [2.24, 2.45) is 5.92 Å². The molecule has 0 saturated carbocycles. The molecule has 2 atom stereocenters. The molecule has 0 amide bonds. The molecule has 3 nitrogen and oxygen atoms in total. The molecule has 1 fully saturated rings. The van der Waals surface area contributed by atoms with Gasteiger partial charge in [-0.25, -0.2) is 4.98 Å². The van der Waals surface area contributed by atoms with Crippen LogP contribution < -0.4 is 5.32 Å². The van der Waals surface area contributed by atoms with Crippen molar-refractivity contribution in [2.45, 2.75) is 51.6 Å². The molecule has 1 N–H and O–H groups in total. The topological polar surface area (TPSA) is 28.2 Å². The standard InChI is InChI=1S/C15H25N3S/c1-11-5-6-13-14(8-11)19-15(17-13)10-18-7-3-4-12(9-18)16-2/h11-12,16H,3-10H2,1-2H3. The van der Waals surface area contributed by atoms with Gasteiger partial charge < -0.3 is 5.32 Å². The number of thiazole rings is 1. The fraction of sp³-hybridized carbons (Fsp3) is 0.800. The first kappa shape index (κ1) is 13.5. The van der Waals surface area contributed by atoms with E-state index in [1.54, 1.807) is 4.88 Å². The van der Waals surface area contributed by atoms with Crippen molar-refractivity contribution in [2.75, 3.05) is 20.1 Å². The lowest BCUT2D eigenvalue weighted by Crippen LogP contribution is -2.43. The SMILES string of the molecule is CNC1CCCN(Cc2nc3c(s2)CC(C)CC3)C1. The molecule has 0 radical (unpaired) electrons. The second kappa shape index (κ2) is 5.90. The molecular weight excluding hydrogens is 254 g/mol. The molecule has 106 valence electrons. The fourth-order valence-electron chi connectivity index (χ4n) is 3.29. The van der Waals surface area contributed by atoms with Crippen LogP contribution in [0.3, 0.4) is 0 Å². The van der Waals surface area contributed by atoms with Crippen molar-refractivity contribution in [3.63, 3.8) is 0 Å². The lowest BCUT2D eigenvalue weighted by molar-refractivity contribution is 0.187. The van der Waals surface area contributed by atoms with Gasteiger partial charge >= 0.3 is 0 Å². The average Bonchev–Trinajstić information content (AvgIpc) is 2.80. The Morgan fingerprint density at radius 1 is 1.42 bits per heavy atom. The van der Waals surface area contributed by atoms with Crippen LogP contribution in [0.1, 0.15) is 41.8 Å². The number of hydrogen-bond acceptors (Lipinski definition) is 4. The summed E-state index contributed by atoms with van der Waals surface area (Å²) in [7, 11) is 2.08. The predicted octanol–water partition coefficient (Wildman–Crippen LogP) is 2.45. The van der Waals surface area contributed by atoms with Crippen molar-refractivity contribution < 1.29 is 0 Å². The number of hydrogen-bond donors (Lipinski definition) is 1. The van der Waals surface area contributed by atoms with E-state index >= 15 is 0 Å². The highest BCUT2D eigenvalue weighted by atomic mass is 32.1. The molecule has 19 heavy (non-hydrogen) atoms. The van der Waals surface area contributed by atoms with E-state index in [-0.39, 0.29) is 0 Å². The van der Waals surface area contributed by atoms with E-state index in [0.29, 0.717) is 6.04 Å². The summed E-state index contributed by atoms with van der Waals surface area (Å²) in [5.41, 5.74) is 1.40. The van der Waals surface area contributed by atoms with E-state index < -0.39 is 0 Å². The molecule has 1 aromatic heterocycles. The number of aryl methyl sites for hydroxylation is 1. The van der Waals surface area contributed by atoms with Gasteiger partial charge in [0, 0.05) is 17.5 Å². The third-order valence-electron chi connectivity index (χ3n) is 4.50. The maximum Gasteiger partial charge on any atom is 0.107 e. The molecule has 4 heteroatoms. The van der Waals surface area contributed by atoms with Crippen LogP contribution in [-0.2, 0) is 19.4 Å². The first-order valence-corrected chi connectivity index (χ1v) is 8.43. The van der Waals surface area contributed by atoms with Crippen LogP contribution in [-0.4, -0.2) is 36.1 Å². The summed E-state index contributed by atoms with van der Waals surface area (Å²) in [5.74, 6) is 0.851. The maximum absolute atomic E-state index is 4.89. The van der Waals surface area contributed by atoms with Gasteiger partial charge in [-0.05, 0) is 51.6 Å². The number of aromatic nitrogens is 1. The molecule has 0 spiro atoms. The summed E-state index contributed by atoms with van der Waals surface area (Å²) in [6.45, 7) is 5.84. The van der Waals surface area contributed by atoms with Crippen LogP contribution in [0, 0.1) is 5.92 Å². The summed E-state index contributed by atoms with van der Waals surface area (Å²) in [6, 6.07) is 0.670. The van der Waals surface area contributed by atoms with Gasteiger partial charge in [-0.3, -0.25) is 4.90 Å². The number of fused-ring (bicyclic) bond motifs is 1. The van der Waals surface area contributed by atoms with Crippen molar-refractivity contribution in [3.8, 4) is 0 Å². The molecule has 0 bridgehead atoms. The van der Waals surface area contributed by atoms with Gasteiger partial charge in [-0.2, -0.15) is 0 Å². The monoisotopic (exact) mass is 279 g/mol. The van der Waals surface area contributed by atoms with Crippen molar-refractivity contribution in [1.29, 1.82) is 0 Å². The number of nitrogens with one attached hydrogen (secondary N) is 1. The Bertz CT molecular complexity index is 429. The minimum absolute atomic E-state index is 0.670. The van der Waals surface area contributed by atoms with E-state index in [1.165, 1.54) is 55.9 Å². The van der Waals surface area contributed by atoms with Crippen LogP contribution in [0.15, 0.2) is 0 Å². The Kier molecular flexibility index (Phi) is 4.20. The highest BCUT2D eigenvalue weighted by Crippen LogP contribution is 2.30. The van der Waals surface area contributed by atoms with Crippen molar-refractivity contribution >= 4 is 11.3 Å². The molecular formula is C15H25N3S. The Morgan fingerprint density at radius 2 is 2.32 bits per heavy atom. The van der Waals surface area contributed by atoms with Gasteiger partial charge in [0.05, 0.1) is 12.2 Å². The van der Waals surface area contributed by atoms with Gasteiger partial charge in [0.25, 0.3) is 0 Å². The molecule has 3 rings (SSSR count). The summed E-state index contributed by atoms with van der Waals surface area (Å²) >= 11 is 1.97. The Hall–Kier alpha value is -0.450. The van der Waals surface area contributed by atoms with Crippen molar-refractivity contribution in [1.82, 2.24) is 15.2 Å². The number of likely N-dealkylation sites (N-methyl/N-ethyl adjacent to an activating group) is 1. The first-order valence-electron chi connectivity index (χ1n) is 7.61. The molecule has 2 unspecified atom stereocenters. The van der Waals surface area contributed by atoms with E-state index in [4.69, 9.17) is 4.98 Å². The van der Waals surface area contributed by atoms with Crippen LogP contribution in [0.25, 0.3) is 0 Å². The molecule has 1 aromatic rings. The zero-order chi connectivity index (χ0) is 13.2. The second-order valence-electron chi connectivity index (χ2n) is 6.19. The van der Waals surface area contributed by atoms with Gasteiger partial charge in [0.2, 0.25) is 0 Å². The number of rotatable bonds is 3. The van der Waals surface area contributed by atoms with Crippen LogP contribution >= 0.6 is 11.3 Å². The lowest BCUT2D eigenvalue weighted by atomic mass is 9.93. The zero-order valence-corrected chi connectivity index (χ0v) is 12.9. The number of nitrogens with zero attached hydrogens (tertiary/aromatic N) is 2. The molecule has 1 aliphatic carbocycles. The molecule has 2 aliphatic rings. The highest BCUT2D eigenvalue weighted by molar-refractivity contribution is 7.11. The third-order valence-corrected chi connectivity index (χ3v) is 5.61. The quantitative estimate of drug-likeness (QED) is 0.921. The number of piperidine rings is 1. The van der Waals surface area contributed by atoms with Crippen LogP contribution in [0.4, 0.5) is 0 Å². The van der Waals surface area contributed by atoms with Crippen molar-refractivity contribution in [3.05, 3.63) is 15.6 Å². The van der Waals surface area contributed by atoms with E-state index in [0.717, 1.165) is 12.5 Å². The lowest BCUT2D eigenvalue weighted by Gasteiger charge is -2.31. The predicted molar refractivity (Wildman–Crippen MR) is 80.7 cm³/mol. The van der Waals surface area contributed by atoms with Crippen LogP contribution in [0.2, 0.25) is 0 Å². The third kappa shape index (κ3) is 3.18. The molecule has 0 aromatic carbocycles. The molecule has 2 heterocycles. The van der Waals surface area contributed by atoms with E-state index in [1.807, 2.05) is 11.3 Å². The molecule has 1 aliphatic heterocycles. The van der Waals surface area contributed by atoms with Gasteiger partial charge in [-0.15, -0.1) is 11.3 Å². The minimum Gasteiger partial charge on any atom is -0.316 e. The largest absolute Gasteiger partial charge is 0.316 e. The second-order valence-corrected chi connectivity index (χ2v) is 7.36. The summed E-state index contributed by atoms with van der Waals surface area (Å²) in [5, 5.41) is 4.76.